The normalized spacial score (nSPS) is 14.4. The molecule has 468 valence electrons. The second-order valence-electron chi connectivity index (χ2n) is 22.7. The SMILES string of the molecule is CCCCCCCCCCCCCCC(=O)O[C@H](COC(=O)CCCCCCCCCCC(C)C)COP(=O)(O)OC[C@@H](O)COP(=O)(O)OC[C@@H](COC(=O)CCCCCCCCC)OC(=O)CCCCCCCCC(C)C. The van der Waals surface area contributed by atoms with Crippen LogP contribution in [0, 0.1) is 11.8 Å². The van der Waals surface area contributed by atoms with Gasteiger partial charge >= 0.3 is 39.5 Å². The van der Waals surface area contributed by atoms with Gasteiger partial charge in [0.25, 0.3) is 0 Å². The van der Waals surface area contributed by atoms with Crippen LogP contribution in [0.3, 0.4) is 0 Å². The molecule has 0 spiro atoms. The van der Waals surface area contributed by atoms with Gasteiger partial charge in [-0.15, -0.1) is 0 Å². The zero-order valence-electron chi connectivity index (χ0n) is 50.7. The van der Waals surface area contributed by atoms with Crippen molar-refractivity contribution in [1.29, 1.82) is 0 Å². The first-order valence-electron chi connectivity index (χ1n) is 31.5. The summed E-state index contributed by atoms with van der Waals surface area (Å²) in [6.45, 7) is 9.29. The lowest BCUT2D eigenvalue weighted by atomic mass is 10.0. The van der Waals surface area contributed by atoms with E-state index in [0.29, 0.717) is 31.6 Å². The van der Waals surface area contributed by atoms with Crippen LogP contribution in [0.2, 0.25) is 0 Å². The molecule has 5 atom stereocenters. The largest absolute Gasteiger partial charge is 0.472 e. The molecule has 0 aromatic heterocycles. The maximum atomic E-state index is 12.9. The second kappa shape index (κ2) is 52.8. The number of esters is 4. The Kier molecular flexibility index (Phi) is 51.5. The Hall–Kier alpha value is -1.94. The maximum absolute atomic E-state index is 12.9. The van der Waals surface area contributed by atoms with Gasteiger partial charge in [0.05, 0.1) is 26.4 Å². The van der Waals surface area contributed by atoms with Crippen LogP contribution in [-0.2, 0) is 65.4 Å². The summed E-state index contributed by atoms with van der Waals surface area (Å²) in [7, 11) is -9.87. The van der Waals surface area contributed by atoms with E-state index in [1.54, 1.807) is 0 Å². The van der Waals surface area contributed by atoms with Crippen molar-refractivity contribution in [2.45, 2.75) is 310 Å². The fraction of sp³-hybridized carbons (Fsp3) is 0.933. The number of ether oxygens (including phenoxy) is 4. The third-order valence-electron chi connectivity index (χ3n) is 13.7. The molecule has 0 radical (unpaired) electrons. The van der Waals surface area contributed by atoms with E-state index in [1.807, 2.05) is 0 Å². The van der Waals surface area contributed by atoms with Gasteiger partial charge in [-0.05, 0) is 37.5 Å². The summed E-state index contributed by atoms with van der Waals surface area (Å²) in [6, 6.07) is 0. The summed E-state index contributed by atoms with van der Waals surface area (Å²) >= 11 is 0. The Morgan fingerprint density at radius 1 is 0.342 bits per heavy atom. The molecule has 0 saturated heterocycles. The topological polar surface area (TPSA) is 237 Å². The van der Waals surface area contributed by atoms with Crippen LogP contribution in [0.1, 0.15) is 292 Å². The number of phosphoric acid groups is 2. The number of aliphatic hydroxyl groups is 1. The van der Waals surface area contributed by atoms with Crippen molar-refractivity contribution in [2.75, 3.05) is 39.6 Å². The van der Waals surface area contributed by atoms with Crippen molar-refractivity contribution in [2.24, 2.45) is 11.8 Å². The van der Waals surface area contributed by atoms with E-state index in [4.69, 9.17) is 37.0 Å². The number of unbranched alkanes of at least 4 members (excludes halogenated alkanes) is 29. The lowest BCUT2D eigenvalue weighted by Gasteiger charge is -2.21. The number of aliphatic hydroxyl groups excluding tert-OH is 1. The molecule has 0 bridgehead atoms. The van der Waals surface area contributed by atoms with Crippen molar-refractivity contribution < 1.29 is 80.2 Å². The molecule has 0 aromatic carbocycles. The molecule has 79 heavy (non-hydrogen) atoms. The third kappa shape index (κ3) is 55.0. The van der Waals surface area contributed by atoms with E-state index < -0.39 is 97.5 Å². The molecule has 0 rings (SSSR count). The van der Waals surface area contributed by atoms with Crippen LogP contribution in [0.15, 0.2) is 0 Å². The summed E-state index contributed by atoms with van der Waals surface area (Å²) in [6.07, 6.45) is 33.7. The van der Waals surface area contributed by atoms with Crippen LogP contribution in [0.25, 0.3) is 0 Å². The fourth-order valence-corrected chi connectivity index (χ4v) is 10.4. The van der Waals surface area contributed by atoms with Gasteiger partial charge in [0.2, 0.25) is 0 Å². The summed E-state index contributed by atoms with van der Waals surface area (Å²) in [5.41, 5.74) is 0. The van der Waals surface area contributed by atoms with Crippen molar-refractivity contribution in [3.05, 3.63) is 0 Å². The van der Waals surface area contributed by atoms with E-state index in [1.165, 1.54) is 96.3 Å². The smallest absolute Gasteiger partial charge is 0.462 e. The van der Waals surface area contributed by atoms with Crippen molar-refractivity contribution >= 4 is 39.5 Å². The standard InChI is InChI=1S/C60H116O17P2/c1-7-9-11-13-15-16-17-18-19-25-32-38-44-59(64)76-55(49-71-58(63)43-37-31-24-21-20-23-28-34-40-52(3)4)50-74-78(66,67)72-46-54(61)47-73-79(68,69)75-51-56(48-70-57(62)42-36-30-22-14-12-10-8-2)77-60(65)45-39-33-27-26-29-35-41-53(5)6/h52-56,61H,7-51H2,1-6H3,(H,66,67)(H,68,69)/t54-,55-,56-/m1/s1. The Morgan fingerprint density at radius 3 is 0.861 bits per heavy atom. The summed E-state index contributed by atoms with van der Waals surface area (Å²) in [5, 5.41) is 10.5. The van der Waals surface area contributed by atoms with Gasteiger partial charge < -0.3 is 33.8 Å². The minimum Gasteiger partial charge on any atom is -0.462 e. The Bertz CT molecular complexity index is 1560. The number of hydrogen-bond acceptors (Lipinski definition) is 15. The van der Waals surface area contributed by atoms with Gasteiger partial charge in [-0.25, -0.2) is 9.13 Å². The monoisotopic (exact) mass is 1170 g/mol. The second-order valence-corrected chi connectivity index (χ2v) is 25.6. The minimum absolute atomic E-state index is 0.101. The van der Waals surface area contributed by atoms with Crippen molar-refractivity contribution in [3.63, 3.8) is 0 Å². The van der Waals surface area contributed by atoms with Crippen LogP contribution < -0.4 is 0 Å². The Labute approximate surface area is 479 Å². The predicted molar refractivity (Wildman–Crippen MR) is 312 cm³/mol. The summed E-state index contributed by atoms with van der Waals surface area (Å²) in [4.78, 5) is 71.9. The molecule has 17 nitrogen and oxygen atoms in total. The van der Waals surface area contributed by atoms with E-state index in [2.05, 4.69) is 41.5 Å². The highest BCUT2D eigenvalue weighted by molar-refractivity contribution is 7.47. The average molecular weight is 1170 g/mol. The quantitative estimate of drug-likeness (QED) is 0.0222. The third-order valence-corrected chi connectivity index (χ3v) is 15.6. The lowest BCUT2D eigenvalue weighted by molar-refractivity contribution is -0.161. The maximum Gasteiger partial charge on any atom is 0.472 e. The zero-order valence-corrected chi connectivity index (χ0v) is 52.4. The molecule has 3 N–H and O–H groups in total. The first-order chi connectivity index (χ1) is 37.9. The number of carbonyl (C=O) groups is 4. The minimum atomic E-state index is -4.94. The molecule has 0 saturated carbocycles. The van der Waals surface area contributed by atoms with Gasteiger partial charge in [0.1, 0.15) is 19.3 Å². The number of phosphoric ester groups is 2. The van der Waals surface area contributed by atoms with Gasteiger partial charge in [-0.1, -0.05) is 241 Å². The molecule has 0 fully saturated rings. The van der Waals surface area contributed by atoms with Crippen LogP contribution in [0.5, 0.6) is 0 Å². The average Bonchev–Trinajstić information content (AvgIpc) is 3.40. The molecule has 0 aromatic rings. The van der Waals surface area contributed by atoms with Crippen LogP contribution in [-0.4, -0.2) is 96.7 Å². The van der Waals surface area contributed by atoms with E-state index in [9.17, 15) is 43.2 Å². The van der Waals surface area contributed by atoms with Crippen LogP contribution in [0.4, 0.5) is 0 Å². The van der Waals surface area contributed by atoms with Crippen molar-refractivity contribution in [1.82, 2.24) is 0 Å². The molecule has 0 aliphatic heterocycles. The van der Waals surface area contributed by atoms with Gasteiger partial charge in [0, 0.05) is 25.7 Å². The Morgan fingerprint density at radius 2 is 0.582 bits per heavy atom. The molecular formula is C60H116O17P2. The molecule has 2 unspecified atom stereocenters. The number of carbonyl (C=O) groups excluding carboxylic acids is 4. The van der Waals surface area contributed by atoms with Gasteiger partial charge in [-0.2, -0.15) is 0 Å². The van der Waals surface area contributed by atoms with E-state index in [-0.39, 0.29) is 25.7 Å². The highest BCUT2D eigenvalue weighted by Crippen LogP contribution is 2.45. The highest BCUT2D eigenvalue weighted by Gasteiger charge is 2.30. The lowest BCUT2D eigenvalue weighted by Crippen LogP contribution is -2.30. The van der Waals surface area contributed by atoms with E-state index in [0.717, 1.165) is 109 Å². The van der Waals surface area contributed by atoms with Gasteiger partial charge in [0.15, 0.2) is 12.2 Å². The molecule has 19 heteroatoms. The van der Waals surface area contributed by atoms with Crippen molar-refractivity contribution in [3.8, 4) is 0 Å². The highest BCUT2D eigenvalue weighted by atomic mass is 31.2. The molecule has 0 aliphatic rings. The zero-order chi connectivity index (χ0) is 58.7. The predicted octanol–water partition coefficient (Wildman–Crippen LogP) is 16.1. The number of rotatable bonds is 59. The van der Waals surface area contributed by atoms with Crippen LogP contribution >= 0.6 is 15.6 Å². The number of hydrogen-bond donors (Lipinski definition) is 3. The Balaban J connectivity index is 5.22. The molecule has 0 aliphatic carbocycles. The summed E-state index contributed by atoms with van der Waals surface area (Å²) in [5.74, 6) is -0.751. The fourth-order valence-electron chi connectivity index (χ4n) is 8.82. The van der Waals surface area contributed by atoms with Gasteiger partial charge in [-0.3, -0.25) is 37.3 Å². The molecule has 0 heterocycles. The van der Waals surface area contributed by atoms with E-state index >= 15 is 0 Å². The first kappa shape index (κ1) is 77.1. The summed E-state index contributed by atoms with van der Waals surface area (Å²) < 4.78 is 67.7. The first-order valence-corrected chi connectivity index (χ1v) is 34.5. The molecular weight excluding hydrogens is 1050 g/mol. The molecule has 0 amide bonds.